The van der Waals surface area contributed by atoms with E-state index in [1.807, 2.05) is 26.8 Å². The van der Waals surface area contributed by atoms with Gasteiger partial charge in [-0.2, -0.15) is 4.91 Å². The average Bonchev–Trinajstić information content (AvgIpc) is 2.76. The molecule has 11 heteroatoms. The molecule has 3 rings (SSSR count). The Balaban J connectivity index is 2.18. The van der Waals surface area contributed by atoms with Crippen LogP contribution in [0.25, 0.3) is 17.8 Å². The molecule has 0 spiro atoms. The third kappa shape index (κ3) is 6.36. The Labute approximate surface area is 208 Å². The Morgan fingerprint density at radius 2 is 1.78 bits per heavy atom. The monoisotopic (exact) mass is 512 g/mol. The molecule has 0 fully saturated rings. The highest BCUT2D eigenvalue weighted by atomic mass is 32.2. The molecule has 0 saturated carbocycles. The second kappa shape index (κ2) is 10.3. The maximum Gasteiger partial charge on any atom is 0.332 e. The minimum absolute atomic E-state index is 0.157. The number of nitrogens with zero attached hydrogens (tertiary/aromatic N) is 2. The lowest BCUT2D eigenvalue weighted by Gasteiger charge is -2.25. The van der Waals surface area contributed by atoms with E-state index in [2.05, 4.69) is 14.9 Å². The molecule has 36 heavy (non-hydrogen) atoms. The van der Waals surface area contributed by atoms with Gasteiger partial charge in [0.2, 0.25) is 10.0 Å². The number of hydrogen-bond donors (Lipinski definition) is 2. The highest BCUT2D eigenvalue weighted by Crippen LogP contribution is 2.37. The molecule has 190 valence electrons. The molecule has 1 aromatic heterocycles. The van der Waals surface area contributed by atoms with Crippen LogP contribution in [0.3, 0.4) is 0 Å². The van der Waals surface area contributed by atoms with E-state index in [4.69, 9.17) is 4.74 Å². The number of anilines is 1. The number of H-pyrrole nitrogens is 1. The van der Waals surface area contributed by atoms with E-state index in [-0.39, 0.29) is 12.0 Å². The van der Waals surface area contributed by atoms with Crippen LogP contribution in [0.5, 0.6) is 5.75 Å². The number of hydrogen-bond acceptors (Lipinski definition) is 7. The highest BCUT2D eigenvalue weighted by Gasteiger charge is 2.22. The van der Waals surface area contributed by atoms with Gasteiger partial charge >= 0.3 is 5.69 Å². The summed E-state index contributed by atoms with van der Waals surface area (Å²) in [5.74, 6) is 0.602. The van der Waals surface area contributed by atoms with Crippen LogP contribution in [0.15, 0.2) is 57.4 Å². The molecular formula is C25H28N4O6S. The number of sulfonamides is 1. The molecular weight excluding hydrogens is 484 g/mol. The summed E-state index contributed by atoms with van der Waals surface area (Å²) < 4.78 is 32.6. The Morgan fingerprint density at radius 3 is 2.36 bits per heavy atom. The van der Waals surface area contributed by atoms with Crippen LogP contribution >= 0.6 is 0 Å². The van der Waals surface area contributed by atoms with Crippen molar-refractivity contribution in [2.75, 3.05) is 18.1 Å². The highest BCUT2D eigenvalue weighted by molar-refractivity contribution is 7.92. The zero-order valence-electron chi connectivity index (χ0n) is 20.7. The van der Waals surface area contributed by atoms with Crippen molar-refractivity contribution in [2.24, 2.45) is 5.18 Å². The van der Waals surface area contributed by atoms with Crippen LogP contribution in [0, 0.1) is 4.91 Å². The van der Waals surface area contributed by atoms with Gasteiger partial charge in [0.05, 0.1) is 19.1 Å². The summed E-state index contributed by atoms with van der Waals surface area (Å²) in [5, 5.41) is 2.96. The second-order valence-electron chi connectivity index (χ2n) is 9.25. The largest absolute Gasteiger partial charge is 0.496 e. The van der Waals surface area contributed by atoms with Gasteiger partial charge in [-0.25, -0.2) is 13.2 Å². The number of methoxy groups -OCH3 is 1. The quantitative estimate of drug-likeness (QED) is 0.349. The van der Waals surface area contributed by atoms with E-state index in [0.29, 0.717) is 33.8 Å². The van der Waals surface area contributed by atoms with Gasteiger partial charge in [-0.3, -0.25) is 19.1 Å². The normalized spacial score (nSPS) is 12.0. The fourth-order valence-electron chi connectivity index (χ4n) is 3.74. The Bertz CT molecular complexity index is 1550. The Kier molecular flexibility index (Phi) is 7.63. The third-order valence-corrected chi connectivity index (χ3v) is 5.95. The fourth-order valence-corrected chi connectivity index (χ4v) is 4.29. The molecule has 0 radical (unpaired) electrons. The summed E-state index contributed by atoms with van der Waals surface area (Å²) in [4.78, 5) is 37.3. The van der Waals surface area contributed by atoms with Crippen molar-refractivity contribution in [1.82, 2.24) is 9.55 Å². The molecule has 0 aliphatic carbocycles. The molecule has 0 aliphatic rings. The van der Waals surface area contributed by atoms with Crippen LogP contribution < -0.4 is 20.7 Å². The van der Waals surface area contributed by atoms with Crippen molar-refractivity contribution >= 4 is 27.9 Å². The zero-order chi connectivity index (χ0) is 26.7. The van der Waals surface area contributed by atoms with Crippen molar-refractivity contribution in [3.05, 3.63) is 90.6 Å². The minimum atomic E-state index is -3.49. The first-order valence-electron chi connectivity index (χ1n) is 10.9. The maximum atomic E-state index is 12.5. The smallest absolute Gasteiger partial charge is 0.332 e. The lowest BCUT2D eigenvalue weighted by Crippen LogP contribution is -2.28. The van der Waals surface area contributed by atoms with Crippen molar-refractivity contribution in [1.29, 1.82) is 0 Å². The topological polar surface area (TPSA) is 140 Å². The molecule has 0 saturated heterocycles. The molecule has 0 amide bonds. The third-order valence-electron chi connectivity index (χ3n) is 5.34. The zero-order valence-corrected chi connectivity index (χ0v) is 21.5. The predicted molar refractivity (Wildman–Crippen MR) is 141 cm³/mol. The van der Waals surface area contributed by atoms with Gasteiger partial charge in [0.15, 0.2) is 0 Å². The van der Waals surface area contributed by atoms with Gasteiger partial charge in [-0.1, -0.05) is 44.2 Å². The van der Waals surface area contributed by atoms with Crippen molar-refractivity contribution in [2.45, 2.75) is 32.7 Å². The summed E-state index contributed by atoms with van der Waals surface area (Å²) in [5.41, 5.74) is 2.11. The molecule has 0 aliphatic heterocycles. The number of ether oxygens (including phenoxy) is 1. The summed E-state index contributed by atoms with van der Waals surface area (Å²) in [6.07, 6.45) is 5.98. The van der Waals surface area contributed by atoms with E-state index in [9.17, 15) is 22.9 Å². The van der Waals surface area contributed by atoms with E-state index < -0.39 is 21.3 Å². The number of nitrogens with one attached hydrogen (secondary N) is 2. The molecule has 2 aromatic carbocycles. The lowest BCUT2D eigenvalue weighted by molar-refractivity contribution is 0.396. The summed E-state index contributed by atoms with van der Waals surface area (Å²) >= 11 is 0. The van der Waals surface area contributed by atoms with Gasteiger partial charge in [0.25, 0.3) is 5.56 Å². The first-order valence-corrected chi connectivity index (χ1v) is 12.8. The van der Waals surface area contributed by atoms with Crippen molar-refractivity contribution in [3.63, 3.8) is 0 Å². The molecule has 10 nitrogen and oxygen atoms in total. The number of rotatable bonds is 8. The van der Waals surface area contributed by atoms with Crippen LogP contribution in [-0.2, 0) is 22.0 Å². The molecule has 0 unspecified atom stereocenters. The SMILES string of the molecule is COc1c(C=Cc2ccc(NS(C)(=O)=O)cc2CN=O)cc(-n2ccc(=O)[nH]c2=O)cc1C(C)(C)C. The standard InChI is InChI=1S/C25H28N4O6S/c1-25(2,3)21-14-20(29-11-10-22(30)27-24(29)31)13-17(23(21)35-4)7-6-16-8-9-19(28-36(5,33)34)12-18(16)15-26-32/h6-14,28H,15H2,1-5H3,(H,27,30,31). The van der Waals surface area contributed by atoms with Crippen LogP contribution in [0.1, 0.15) is 43.0 Å². The van der Waals surface area contributed by atoms with Gasteiger partial charge in [0.1, 0.15) is 12.3 Å². The molecule has 3 aromatic rings. The molecule has 0 atom stereocenters. The molecule has 0 bridgehead atoms. The van der Waals surface area contributed by atoms with Crippen LogP contribution in [0.4, 0.5) is 5.69 Å². The van der Waals surface area contributed by atoms with Gasteiger partial charge in [0, 0.05) is 29.1 Å². The molecule has 2 N–H and O–H groups in total. The minimum Gasteiger partial charge on any atom is -0.496 e. The Morgan fingerprint density at radius 1 is 1.08 bits per heavy atom. The van der Waals surface area contributed by atoms with Gasteiger partial charge in [-0.15, -0.1) is 0 Å². The predicted octanol–water partition coefficient (Wildman–Crippen LogP) is 3.64. The summed E-state index contributed by atoms with van der Waals surface area (Å²) in [7, 11) is -1.93. The van der Waals surface area contributed by atoms with Gasteiger partial charge < -0.3 is 4.74 Å². The average molecular weight is 513 g/mol. The summed E-state index contributed by atoms with van der Waals surface area (Å²) in [6, 6.07) is 9.67. The first kappa shape index (κ1) is 26.6. The van der Waals surface area contributed by atoms with E-state index in [1.54, 1.807) is 43.5 Å². The number of aromatic nitrogens is 2. The van der Waals surface area contributed by atoms with E-state index in [1.165, 1.54) is 16.8 Å². The van der Waals surface area contributed by atoms with Crippen molar-refractivity contribution in [3.8, 4) is 11.4 Å². The number of nitroso groups, excluding NO2 is 1. The molecule has 1 heterocycles. The van der Waals surface area contributed by atoms with Crippen LogP contribution in [0.2, 0.25) is 0 Å². The van der Waals surface area contributed by atoms with E-state index >= 15 is 0 Å². The lowest BCUT2D eigenvalue weighted by atomic mass is 9.84. The van der Waals surface area contributed by atoms with Crippen molar-refractivity contribution < 1.29 is 13.2 Å². The Hall–Kier alpha value is -3.99. The fraction of sp³-hybridized carbons (Fsp3) is 0.280. The second-order valence-corrected chi connectivity index (χ2v) is 11.0. The van der Waals surface area contributed by atoms with Gasteiger partial charge in [-0.05, 0) is 40.8 Å². The number of benzene rings is 2. The maximum absolute atomic E-state index is 12.5. The first-order chi connectivity index (χ1) is 16.8. The number of aromatic amines is 1. The van der Waals surface area contributed by atoms with E-state index in [0.717, 1.165) is 11.8 Å². The van der Waals surface area contributed by atoms with Crippen LogP contribution in [-0.4, -0.2) is 31.3 Å². The summed E-state index contributed by atoms with van der Waals surface area (Å²) in [6.45, 7) is 5.88.